The average Bonchev–Trinajstić information content (AvgIpc) is 2.74. The molecule has 0 aliphatic heterocycles. The zero-order valence-corrected chi connectivity index (χ0v) is 16.6. The second-order valence-electron chi connectivity index (χ2n) is 6.62. The van der Waals surface area contributed by atoms with E-state index in [0.29, 0.717) is 18.8 Å². The van der Waals surface area contributed by atoms with Crippen LogP contribution in [-0.4, -0.2) is 28.2 Å². The van der Waals surface area contributed by atoms with Gasteiger partial charge in [0.1, 0.15) is 5.69 Å². The molecule has 3 rings (SSSR count). The number of benzene rings is 2. The van der Waals surface area contributed by atoms with Crippen molar-refractivity contribution in [2.45, 2.75) is 20.4 Å². The number of rotatable bonds is 7. The van der Waals surface area contributed by atoms with Crippen molar-refractivity contribution in [2.75, 3.05) is 17.2 Å². The Balaban J connectivity index is 1.64. The molecule has 1 aromatic heterocycles. The second-order valence-corrected chi connectivity index (χ2v) is 6.62. The topological polar surface area (TPSA) is 74.3 Å². The van der Waals surface area contributed by atoms with Crippen molar-refractivity contribution in [3.05, 3.63) is 84.2 Å². The molecule has 6 heteroatoms. The third kappa shape index (κ3) is 5.65. The van der Waals surface area contributed by atoms with E-state index < -0.39 is 0 Å². The standard InChI is InChI=1S/C23H24N4O2/c1-3-27(16-18-7-5-4-6-8-18)23(29)22-14-13-21(15-24-22)26-20-11-9-19(10-12-20)25-17(2)28/h4-15,26H,3,16H2,1-2H3,(H,25,28). The summed E-state index contributed by atoms with van der Waals surface area (Å²) >= 11 is 0. The molecular weight excluding hydrogens is 364 g/mol. The van der Waals surface area contributed by atoms with Crippen LogP contribution in [0.5, 0.6) is 0 Å². The molecule has 29 heavy (non-hydrogen) atoms. The molecule has 3 aromatic rings. The molecule has 0 aliphatic carbocycles. The fourth-order valence-electron chi connectivity index (χ4n) is 2.89. The van der Waals surface area contributed by atoms with Crippen LogP contribution < -0.4 is 10.6 Å². The predicted octanol–water partition coefficient (Wildman–Crippen LogP) is 4.45. The highest BCUT2D eigenvalue weighted by Gasteiger charge is 2.15. The Morgan fingerprint density at radius 3 is 2.14 bits per heavy atom. The van der Waals surface area contributed by atoms with Gasteiger partial charge in [0, 0.05) is 31.4 Å². The zero-order chi connectivity index (χ0) is 20.6. The Morgan fingerprint density at radius 2 is 1.55 bits per heavy atom. The fourth-order valence-corrected chi connectivity index (χ4v) is 2.89. The van der Waals surface area contributed by atoms with Crippen molar-refractivity contribution in [1.82, 2.24) is 9.88 Å². The third-order valence-electron chi connectivity index (χ3n) is 4.36. The number of amides is 2. The number of anilines is 3. The highest BCUT2D eigenvalue weighted by molar-refractivity contribution is 5.92. The quantitative estimate of drug-likeness (QED) is 0.627. The first kappa shape index (κ1) is 20.1. The number of hydrogen-bond acceptors (Lipinski definition) is 4. The lowest BCUT2D eigenvalue weighted by atomic mass is 10.2. The summed E-state index contributed by atoms with van der Waals surface area (Å²) in [5.74, 6) is -0.203. The largest absolute Gasteiger partial charge is 0.354 e. The van der Waals surface area contributed by atoms with Gasteiger partial charge in [0.15, 0.2) is 0 Å². The van der Waals surface area contributed by atoms with Gasteiger partial charge < -0.3 is 15.5 Å². The Labute approximate surface area is 170 Å². The van der Waals surface area contributed by atoms with Crippen LogP contribution in [0.15, 0.2) is 72.9 Å². The maximum Gasteiger partial charge on any atom is 0.272 e. The maximum absolute atomic E-state index is 12.8. The highest BCUT2D eigenvalue weighted by Crippen LogP contribution is 2.19. The molecule has 0 spiro atoms. The lowest BCUT2D eigenvalue weighted by Crippen LogP contribution is -2.30. The minimum atomic E-state index is -0.108. The van der Waals surface area contributed by atoms with Crippen molar-refractivity contribution in [3.8, 4) is 0 Å². The summed E-state index contributed by atoms with van der Waals surface area (Å²) in [5.41, 5.74) is 3.87. The van der Waals surface area contributed by atoms with Crippen LogP contribution in [0.1, 0.15) is 29.9 Å². The summed E-state index contributed by atoms with van der Waals surface area (Å²) in [6.45, 7) is 4.59. The average molecular weight is 388 g/mol. The van der Waals surface area contributed by atoms with Gasteiger partial charge in [-0.3, -0.25) is 9.59 Å². The molecule has 2 amide bonds. The highest BCUT2D eigenvalue weighted by atomic mass is 16.2. The molecule has 0 fully saturated rings. The normalized spacial score (nSPS) is 10.3. The Morgan fingerprint density at radius 1 is 0.897 bits per heavy atom. The number of aromatic nitrogens is 1. The molecule has 2 N–H and O–H groups in total. The maximum atomic E-state index is 12.8. The summed E-state index contributed by atoms with van der Waals surface area (Å²) in [6, 6.07) is 20.8. The van der Waals surface area contributed by atoms with Gasteiger partial charge in [-0.2, -0.15) is 0 Å². The smallest absolute Gasteiger partial charge is 0.272 e. The Bertz CT molecular complexity index is 954. The minimum absolute atomic E-state index is 0.0948. The number of nitrogens with zero attached hydrogens (tertiary/aromatic N) is 2. The molecule has 0 atom stereocenters. The molecule has 0 saturated heterocycles. The molecule has 0 bridgehead atoms. The van der Waals surface area contributed by atoms with Gasteiger partial charge in [0.25, 0.3) is 5.91 Å². The molecule has 148 valence electrons. The number of carbonyl (C=O) groups excluding carboxylic acids is 2. The van der Waals surface area contributed by atoms with Crippen molar-refractivity contribution in [1.29, 1.82) is 0 Å². The van der Waals surface area contributed by atoms with E-state index in [1.54, 1.807) is 17.2 Å². The van der Waals surface area contributed by atoms with Gasteiger partial charge in [-0.05, 0) is 48.9 Å². The van der Waals surface area contributed by atoms with Crippen LogP contribution in [0.25, 0.3) is 0 Å². The number of carbonyl (C=O) groups is 2. The molecule has 0 aliphatic rings. The molecule has 0 saturated carbocycles. The van der Waals surface area contributed by atoms with E-state index in [9.17, 15) is 9.59 Å². The van der Waals surface area contributed by atoms with E-state index in [1.165, 1.54) is 6.92 Å². The summed E-state index contributed by atoms with van der Waals surface area (Å²) < 4.78 is 0. The number of pyridine rings is 1. The molecule has 1 heterocycles. The van der Waals surface area contributed by atoms with Gasteiger partial charge in [-0.1, -0.05) is 30.3 Å². The van der Waals surface area contributed by atoms with Gasteiger partial charge >= 0.3 is 0 Å². The monoisotopic (exact) mass is 388 g/mol. The first-order chi connectivity index (χ1) is 14.0. The lowest BCUT2D eigenvalue weighted by molar-refractivity contribution is -0.114. The molecule has 2 aromatic carbocycles. The van der Waals surface area contributed by atoms with Gasteiger partial charge in [0.05, 0.1) is 11.9 Å². The molecule has 0 unspecified atom stereocenters. The number of hydrogen-bond donors (Lipinski definition) is 2. The van der Waals surface area contributed by atoms with Crippen LogP contribution in [0.3, 0.4) is 0 Å². The number of nitrogens with one attached hydrogen (secondary N) is 2. The van der Waals surface area contributed by atoms with Crippen molar-refractivity contribution in [3.63, 3.8) is 0 Å². The van der Waals surface area contributed by atoms with E-state index in [1.807, 2.05) is 67.6 Å². The van der Waals surface area contributed by atoms with Crippen molar-refractivity contribution < 1.29 is 9.59 Å². The zero-order valence-electron chi connectivity index (χ0n) is 16.6. The van der Waals surface area contributed by atoms with E-state index in [4.69, 9.17) is 0 Å². The Hall–Kier alpha value is -3.67. The van der Waals surface area contributed by atoms with Gasteiger partial charge in [0.2, 0.25) is 5.91 Å². The Kier molecular flexibility index (Phi) is 6.58. The first-order valence-electron chi connectivity index (χ1n) is 9.49. The van der Waals surface area contributed by atoms with Gasteiger partial charge in [-0.15, -0.1) is 0 Å². The van der Waals surface area contributed by atoms with Crippen LogP contribution in [0, 0.1) is 0 Å². The van der Waals surface area contributed by atoms with E-state index >= 15 is 0 Å². The molecule has 0 radical (unpaired) electrons. The van der Waals surface area contributed by atoms with Crippen LogP contribution in [0.4, 0.5) is 17.1 Å². The summed E-state index contributed by atoms with van der Waals surface area (Å²) in [6.07, 6.45) is 1.64. The van der Waals surface area contributed by atoms with Gasteiger partial charge in [-0.25, -0.2) is 4.98 Å². The van der Waals surface area contributed by atoms with Crippen LogP contribution in [0.2, 0.25) is 0 Å². The van der Waals surface area contributed by atoms with Crippen molar-refractivity contribution in [2.24, 2.45) is 0 Å². The van der Waals surface area contributed by atoms with E-state index in [2.05, 4.69) is 15.6 Å². The van der Waals surface area contributed by atoms with Crippen LogP contribution in [-0.2, 0) is 11.3 Å². The minimum Gasteiger partial charge on any atom is -0.354 e. The second kappa shape index (κ2) is 9.50. The third-order valence-corrected chi connectivity index (χ3v) is 4.36. The molecular formula is C23H24N4O2. The first-order valence-corrected chi connectivity index (χ1v) is 9.49. The fraction of sp³-hybridized carbons (Fsp3) is 0.174. The van der Waals surface area contributed by atoms with E-state index in [0.717, 1.165) is 22.6 Å². The van der Waals surface area contributed by atoms with Crippen molar-refractivity contribution >= 4 is 28.9 Å². The SMILES string of the molecule is CCN(Cc1ccccc1)C(=O)c1ccc(Nc2ccc(NC(C)=O)cc2)cn1. The summed E-state index contributed by atoms with van der Waals surface area (Å²) in [4.78, 5) is 30.0. The predicted molar refractivity (Wildman–Crippen MR) is 115 cm³/mol. The van der Waals surface area contributed by atoms with Crippen LogP contribution >= 0.6 is 0 Å². The summed E-state index contributed by atoms with van der Waals surface area (Å²) in [5, 5.41) is 5.96. The molecule has 6 nitrogen and oxygen atoms in total. The lowest BCUT2D eigenvalue weighted by Gasteiger charge is -2.20. The van der Waals surface area contributed by atoms with E-state index in [-0.39, 0.29) is 11.8 Å². The summed E-state index contributed by atoms with van der Waals surface area (Å²) in [7, 11) is 0.